The van der Waals surface area contributed by atoms with Crippen molar-refractivity contribution in [2.24, 2.45) is 0 Å². The molecule has 8 heteroatoms. The van der Waals surface area contributed by atoms with E-state index in [2.05, 4.69) is 20.9 Å². The van der Waals surface area contributed by atoms with Crippen molar-refractivity contribution in [3.63, 3.8) is 0 Å². The molecule has 0 radical (unpaired) electrons. The number of pyridine rings is 1. The molecule has 1 heterocycles. The van der Waals surface area contributed by atoms with Crippen LogP contribution in [0.1, 0.15) is 63.6 Å². The molecule has 2 bridgehead atoms. The number of hydrogen-bond donors (Lipinski definition) is 3. The van der Waals surface area contributed by atoms with Gasteiger partial charge in [0, 0.05) is 17.5 Å². The summed E-state index contributed by atoms with van der Waals surface area (Å²) >= 11 is 0. The lowest BCUT2D eigenvalue weighted by Gasteiger charge is -2.70. The van der Waals surface area contributed by atoms with Crippen molar-refractivity contribution in [1.82, 2.24) is 20.9 Å². The van der Waals surface area contributed by atoms with Crippen LogP contribution >= 0.6 is 0 Å². The first-order chi connectivity index (χ1) is 16.8. The topological polar surface area (TPSA) is 109 Å². The van der Waals surface area contributed by atoms with Crippen LogP contribution in [0.5, 0.6) is 5.75 Å². The summed E-state index contributed by atoms with van der Waals surface area (Å²) in [5.41, 5.74) is 0.791. The summed E-state index contributed by atoms with van der Waals surface area (Å²) < 4.78 is 5.82. The van der Waals surface area contributed by atoms with Crippen molar-refractivity contribution in [3.05, 3.63) is 59.9 Å². The molecule has 2 aromatic rings. The third-order valence-corrected chi connectivity index (χ3v) is 7.55. The molecule has 8 nitrogen and oxygen atoms in total. The maximum Gasteiger partial charge on any atom is 0.242 e. The van der Waals surface area contributed by atoms with Gasteiger partial charge in [0.25, 0.3) is 0 Å². The average Bonchev–Trinajstić information content (AvgIpc) is 3.63. The molecule has 4 saturated carbocycles. The lowest BCUT2D eigenvalue weighted by molar-refractivity contribution is -0.152. The minimum Gasteiger partial charge on any atom is -0.487 e. The zero-order chi connectivity index (χ0) is 24.7. The van der Waals surface area contributed by atoms with Gasteiger partial charge in [-0.25, -0.2) is 0 Å². The van der Waals surface area contributed by atoms with Crippen LogP contribution in [-0.2, 0) is 26.4 Å². The summed E-state index contributed by atoms with van der Waals surface area (Å²) in [7, 11) is 0. The van der Waals surface area contributed by atoms with Crippen molar-refractivity contribution in [3.8, 4) is 5.75 Å². The highest BCUT2D eigenvalue weighted by molar-refractivity contribution is 5.92. The molecule has 3 N–H and O–H groups in total. The Bertz CT molecular complexity index is 1110. The Morgan fingerprint density at radius 2 is 1.69 bits per heavy atom. The number of carbonyl (C=O) groups excluding carboxylic acids is 3. The number of rotatable bonds is 10. The highest BCUT2D eigenvalue weighted by Crippen LogP contribution is 2.61. The predicted octanol–water partition coefficient (Wildman–Crippen LogP) is 2.51. The molecule has 4 aliphatic rings. The van der Waals surface area contributed by atoms with E-state index in [1.807, 2.05) is 42.5 Å². The van der Waals surface area contributed by atoms with Gasteiger partial charge in [0.1, 0.15) is 18.4 Å². The Labute approximate surface area is 205 Å². The summed E-state index contributed by atoms with van der Waals surface area (Å²) in [4.78, 5) is 41.8. The van der Waals surface area contributed by atoms with Crippen LogP contribution in [0.3, 0.4) is 0 Å². The quantitative estimate of drug-likeness (QED) is 0.488. The van der Waals surface area contributed by atoms with Gasteiger partial charge >= 0.3 is 0 Å². The Hall–Kier alpha value is -3.42. The van der Waals surface area contributed by atoms with E-state index in [1.54, 1.807) is 20.0 Å². The molecular weight excluding hydrogens is 444 g/mol. The van der Waals surface area contributed by atoms with Crippen LogP contribution in [0, 0.1) is 0 Å². The SMILES string of the molecule is CCC(=O)N[C@@H](C)C(=O)NC12CC(NC(=O)C3(c4ccc(OCc5ccccc5)cn4)CC3)(C1)C2. The van der Waals surface area contributed by atoms with Crippen LogP contribution in [-0.4, -0.2) is 39.8 Å². The fraction of sp³-hybridized carbons (Fsp3) is 0.481. The van der Waals surface area contributed by atoms with E-state index in [1.165, 1.54) is 0 Å². The van der Waals surface area contributed by atoms with Crippen LogP contribution < -0.4 is 20.7 Å². The van der Waals surface area contributed by atoms with E-state index in [0.29, 0.717) is 18.8 Å². The number of aromatic nitrogens is 1. The van der Waals surface area contributed by atoms with E-state index in [-0.39, 0.29) is 28.8 Å². The molecule has 1 aromatic heterocycles. The van der Waals surface area contributed by atoms with Crippen molar-refractivity contribution >= 4 is 17.7 Å². The van der Waals surface area contributed by atoms with Gasteiger partial charge in [-0.15, -0.1) is 0 Å². The van der Waals surface area contributed by atoms with E-state index < -0.39 is 11.5 Å². The van der Waals surface area contributed by atoms with Gasteiger partial charge in [-0.2, -0.15) is 0 Å². The maximum absolute atomic E-state index is 13.2. The second kappa shape index (κ2) is 8.66. The fourth-order valence-corrected chi connectivity index (χ4v) is 5.41. The first-order valence-corrected chi connectivity index (χ1v) is 12.3. The second-order valence-corrected chi connectivity index (χ2v) is 10.4. The van der Waals surface area contributed by atoms with Crippen molar-refractivity contribution in [2.45, 2.75) is 81.5 Å². The molecule has 0 unspecified atom stereocenters. The minimum absolute atomic E-state index is 0.0196. The Morgan fingerprint density at radius 1 is 1.00 bits per heavy atom. The third-order valence-electron chi connectivity index (χ3n) is 7.55. The monoisotopic (exact) mass is 476 g/mol. The van der Waals surface area contributed by atoms with Crippen LogP contribution in [0.4, 0.5) is 0 Å². The van der Waals surface area contributed by atoms with Crippen LogP contribution in [0.25, 0.3) is 0 Å². The number of amides is 3. The molecule has 3 amide bonds. The van der Waals surface area contributed by atoms with E-state index in [4.69, 9.17) is 4.74 Å². The molecule has 0 aliphatic heterocycles. The Balaban J connectivity index is 1.12. The highest BCUT2D eigenvalue weighted by atomic mass is 16.5. The van der Waals surface area contributed by atoms with Crippen molar-refractivity contribution in [1.29, 1.82) is 0 Å². The first kappa shape index (κ1) is 23.3. The lowest BCUT2D eigenvalue weighted by atomic mass is 9.44. The summed E-state index contributed by atoms with van der Waals surface area (Å²) in [6.07, 6.45) is 5.77. The molecule has 0 saturated heterocycles. The largest absolute Gasteiger partial charge is 0.487 e. The summed E-state index contributed by atoms with van der Waals surface area (Å²) in [5.74, 6) is 0.374. The molecule has 0 spiro atoms. The number of nitrogens with zero attached hydrogens (tertiary/aromatic N) is 1. The number of ether oxygens (including phenoxy) is 1. The summed E-state index contributed by atoms with van der Waals surface area (Å²) in [5, 5.41) is 9.02. The smallest absolute Gasteiger partial charge is 0.242 e. The lowest BCUT2D eigenvalue weighted by Crippen LogP contribution is -2.84. The minimum atomic E-state index is -0.567. The maximum atomic E-state index is 13.2. The number of carbonyl (C=O) groups is 3. The molecule has 35 heavy (non-hydrogen) atoms. The van der Waals surface area contributed by atoms with Gasteiger partial charge in [-0.05, 0) is 56.7 Å². The first-order valence-electron chi connectivity index (χ1n) is 12.3. The third kappa shape index (κ3) is 4.49. The second-order valence-electron chi connectivity index (χ2n) is 10.4. The van der Waals surface area contributed by atoms with E-state index >= 15 is 0 Å². The van der Waals surface area contributed by atoms with Crippen LogP contribution in [0.15, 0.2) is 48.7 Å². The average molecular weight is 477 g/mol. The van der Waals surface area contributed by atoms with Gasteiger partial charge in [-0.3, -0.25) is 19.4 Å². The number of benzene rings is 1. The molecule has 4 fully saturated rings. The van der Waals surface area contributed by atoms with Crippen molar-refractivity contribution in [2.75, 3.05) is 0 Å². The fourth-order valence-electron chi connectivity index (χ4n) is 5.41. The van der Waals surface area contributed by atoms with Gasteiger partial charge in [0.2, 0.25) is 17.7 Å². The highest BCUT2D eigenvalue weighted by Gasteiger charge is 2.70. The number of nitrogens with one attached hydrogen (secondary N) is 3. The molecule has 1 aromatic carbocycles. The molecule has 4 aliphatic carbocycles. The molecule has 6 rings (SSSR count). The van der Waals surface area contributed by atoms with Gasteiger partial charge in [0.15, 0.2) is 0 Å². The normalized spacial score (nSPS) is 25.8. The zero-order valence-electron chi connectivity index (χ0n) is 20.2. The van der Waals surface area contributed by atoms with Gasteiger partial charge < -0.3 is 20.7 Å². The molecule has 184 valence electrons. The summed E-state index contributed by atoms with van der Waals surface area (Å²) in [6, 6.07) is 13.1. The van der Waals surface area contributed by atoms with Crippen LogP contribution in [0.2, 0.25) is 0 Å². The Kier molecular flexibility index (Phi) is 5.77. The zero-order valence-corrected chi connectivity index (χ0v) is 20.2. The van der Waals surface area contributed by atoms with Gasteiger partial charge in [-0.1, -0.05) is 37.3 Å². The van der Waals surface area contributed by atoms with Gasteiger partial charge in [0.05, 0.1) is 17.3 Å². The predicted molar refractivity (Wildman–Crippen MR) is 129 cm³/mol. The number of hydrogen-bond acceptors (Lipinski definition) is 5. The molecular formula is C27H32N4O4. The summed E-state index contributed by atoms with van der Waals surface area (Å²) in [6.45, 7) is 3.91. The Morgan fingerprint density at radius 3 is 2.29 bits per heavy atom. The van der Waals surface area contributed by atoms with Crippen molar-refractivity contribution < 1.29 is 19.1 Å². The van der Waals surface area contributed by atoms with E-state index in [9.17, 15) is 14.4 Å². The standard InChI is InChI=1S/C27H32N4O4/c1-3-22(32)29-18(2)23(33)30-25-15-26(16-25,17-25)31-24(34)27(11-12-27)21-10-9-20(13-28-21)35-14-19-7-5-4-6-8-19/h4-10,13,18H,3,11-12,14-17H2,1-2H3,(H,29,32)(H,30,33)(H,31,34)/t18-,25?,26?/m0/s1. The molecule has 1 atom stereocenters. The van der Waals surface area contributed by atoms with E-state index in [0.717, 1.165) is 43.4 Å².